The zero-order chi connectivity index (χ0) is 25.6. The number of carboxylic acid groups (broad SMARTS) is 1. The largest absolute Gasteiger partial charge is 0.480 e. The number of hydrogen-bond donors (Lipinski definition) is 8. The summed E-state index contributed by atoms with van der Waals surface area (Å²) >= 11 is 5.64. The van der Waals surface area contributed by atoms with Gasteiger partial charge in [-0.3, -0.25) is 19.4 Å². The molecular formula is C19H37N7O5S2. The summed E-state index contributed by atoms with van der Waals surface area (Å²) in [6, 6.07) is -4.02. The summed E-state index contributed by atoms with van der Waals surface area (Å²) < 4.78 is 0. The van der Waals surface area contributed by atoms with Gasteiger partial charge in [-0.2, -0.15) is 24.4 Å². The van der Waals surface area contributed by atoms with Crippen LogP contribution in [0.5, 0.6) is 0 Å². The van der Waals surface area contributed by atoms with Crippen molar-refractivity contribution in [3.05, 3.63) is 0 Å². The summed E-state index contributed by atoms with van der Waals surface area (Å²) in [5, 5.41) is 16.8. The van der Waals surface area contributed by atoms with Crippen LogP contribution in [0, 0.1) is 5.92 Å². The van der Waals surface area contributed by atoms with Crippen LogP contribution in [0.2, 0.25) is 0 Å². The molecule has 0 saturated carbocycles. The SMILES string of the molecule is CSCCC(N)C(=O)NC(CCCN=C(N)N)C(=O)NC(CS)C(=O)NC(C(=O)O)C(C)C. The third-order valence-corrected chi connectivity index (χ3v) is 5.60. The van der Waals surface area contributed by atoms with Crippen molar-refractivity contribution in [2.24, 2.45) is 28.1 Å². The highest BCUT2D eigenvalue weighted by Gasteiger charge is 2.30. The second-order valence-corrected chi connectivity index (χ2v) is 9.06. The maximum absolute atomic E-state index is 12.9. The lowest BCUT2D eigenvalue weighted by Crippen LogP contribution is -2.58. The summed E-state index contributed by atoms with van der Waals surface area (Å²) in [7, 11) is 0. The first-order chi connectivity index (χ1) is 15.4. The lowest BCUT2D eigenvalue weighted by Gasteiger charge is -2.25. The van der Waals surface area contributed by atoms with E-state index in [2.05, 4.69) is 33.6 Å². The van der Waals surface area contributed by atoms with E-state index >= 15 is 0 Å². The summed E-state index contributed by atoms with van der Waals surface area (Å²) in [6.45, 7) is 3.54. The summed E-state index contributed by atoms with van der Waals surface area (Å²) in [4.78, 5) is 53.1. The molecule has 0 saturated heterocycles. The molecule has 0 fully saturated rings. The van der Waals surface area contributed by atoms with Gasteiger partial charge >= 0.3 is 5.97 Å². The molecule has 3 amide bonds. The quantitative estimate of drug-likeness (QED) is 0.0513. The Morgan fingerprint density at radius 3 is 2.06 bits per heavy atom. The van der Waals surface area contributed by atoms with Crippen molar-refractivity contribution in [1.29, 1.82) is 0 Å². The molecule has 190 valence electrons. The number of carbonyl (C=O) groups is 4. The van der Waals surface area contributed by atoms with Crippen LogP contribution >= 0.6 is 24.4 Å². The van der Waals surface area contributed by atoms with Crippen molar-refractivity contribution in [3.8, 4) is 0 Å². The first-order valence-electron chi connectivity index (χ1n) is 10.5. The van der Waals surface area contributed by atoms with E-state index in [-0.39, 0.29) is 30.6 Å². The fraction of sp³-hybridized carbons (Fsp3) is 0.737. The zero-order valence-electron chi connectivity index (χ0n) is 19.2. The van der Waals surface area contributed by atoms with Crippen LogP contribution in [0.15, 0.2) is 4.99 Å². The normalized spacial score (nSPS) is 14.5. The molecule has 14 heteroatoms. The van der Waals surface area contributed by atoms with E-state index in [1.165, 1.54) is 0 Å². The van der Waals surface area contributed by atoms with Crippen LogP contribution in [0.4, 0.5) is 0 Å². The van der Waals surface area contributed by atoms with Gasteiger partial charge in [0.25, 0.3) is 0 Å². The van der Waals surface area contributed by atoms with Crippen molar-refractivity contribution in [3.63, 3.8) is 0 Å². The van der Waals surface area contributed by atoms with Gasteiger partial charge in [0.2, 0.25) is 17.7 Å². The first-order valence-corrected chi connectivity index (χ1v) is 12.5. The monoisotopic (exact) mass is 507 g/mol. The van der Waals surface area contributed by atoms with Crippen LogP contribution in [-0.4, -0.2) is 83.2 Å². The highest BCUT2D eigenvalue weighted by molar-refractivity contribution is 7.98. The molecule has 12 nitrogen and oxygen atoms in total. The Labute approximate surface area is 204 Å². The van der Waals surface area contributed by atoms with Gasteiger partial charge in [-0.05, 0) is 37.2 Å². The molecule has 0 heterocycles. The van der Waals surface area contributed by atoms with E-state index in [1.54, 1.807) is 25.6 Å². The number of thiol groups is 1. The molecule has 0 aliphatic rings. The maximum atomic E-state index is 12.9. The second-order valence-electron chi connectivity index (χ2n) is 7.71. The van der Waals surface area contributed by atoms with Crippen molar-refractivity contribution >= 4 is 54.0 Å². The van der Waals surface area contributed by atoms with Gasteiger partial charge in [-0.1, -0.05) is 13.8 Å². The van der Waals surface area contributed by atoms with Crippen LogP contribution in [0.25, 0.3) is 0 Å². The Balaban J connectivity index is 5.31. The Morgan fingerprint density at radius 2 is 1.58 bits per heavy atom. The number of nitrogens with one attached hydrogen (secondary N) is 3. The third-order valence-electron chi connectivity index (χ3n) is 4.59. The zero-order valence-corrected chi connectivity index (χ0v) is 21.0. The number of hydrogen-bond acceptors (Lipinski definition) is 8. The highest BCUT2D eigenvalue weighted by atomic mass is 32.2. The van der Waals surface area contributed by atoms with E-state index in [4.69, 9.17) is 17.2 Å². The molecule has 4 unspecified atom stereocenters. The number of guanidine groups is 1. The molecule has 33 heavy (non-hydrogen) atoms. The van der Waals surface area contributed by atoms with Crippen molar-refractivity contribution in [1.82, 2.24) is 16.0 Å². The Hall–Kier alpha value is -2.19. The third kappa shape index (κ3) is 12.6. The van der Waals surface area contributed by atoms with Gasteiger partial charge in [0.1, 0.15) is 18.1 Å². The Bertz CT molecular complexity index is 689. The molecule has 10 N–H and O–H groups in total. The smallest absolute Gasteiger partial charge is 0.326 e. The minimum Gasteiger partial charge on any atom is -0.480 e. The number of rotatable bonds is 16. The minimum atomic E-state index is -1.19. The van der Waals surface area contributed by atoms with Crippen LogP contribution in [-0.2, 0) is 19.2 Å². The lowest BCUT2D eigenvalue weighted by molar-refractivity contribution is -0.143. The van der Waals surface area contributed by atoms with Gasteiger partial charge in [0.05, 0.1) is 6.04 Å². The second kappa shape index (κ2) is 16.4. The van der Waals surface area contributed by atoms with Crippen LogP contribution < -0.4 is 33.2 Å². The number of carbonyl (C=O) groups excluding carboxylic acids is 3. The number of thioether (sulfide) groups is 1. The standard InChI is InChI=1S/C19H37N7O5S2/c1-10(2)14(18(30)31)26-17(29)13(9-32)25-16(28)12(5-4-7-23-19(21)22)24-15(27)11(20)6-8-33-3/h10-14,32H,4-9,20H2,1-3H3,(H,24,27)(H,25,28)(H,26,29)(H,30,31)(H4,21,22,23). The van der Waals surface area contributed by atoms with Gasteiger partial charge < -0.3 is 38.3 Å². The predicted octanol–water partition coefficient (Wildman–Crippen LogP) is -1.75. The summed E-state index contributed by atoms with van der Waals surface area (Å²) in [6.07, 6.45) is 2.89. The van der Waals surface area contributed by atoms with Crippen molar-refractivity contribution < 1.29 is 24.3 Å². The average molecular weight is 508 g/mol. The Morgan fingerprint density at radius 1 is 1.00 bits per heavy atom. The number of carboxylic acids is 1. The molecule has 0 aromatic carbocycles. The molecule has 0 aromatic rings. The molecule has 0 bridgehead atoms. The van der Waals surface area contributed by atoms with Crippen molar-refractivity contribution in [2.45, 2.75) is 57.3 Å². The molecule has 0 rings (SSSR count). The number of aliphatic carboxylic acids is 1. The number of nitrogens with two attached hydrogens (primary N) is 3. The summed E-state index contributed by atoms with van der Waals surface area (Å²) in [5.74, 6) is -2.87. The highest BCUT2D eigenvalue weighted by Crippen LogP contribution is 2.05. The number of nitrogens with zero attached hydrogens (tertiary/aromatic N) is 1. The van der Waals surface area contributed by atoms with E-state index in [1.807, 2.05) is 6.26 Å². The van der Waals surface area contributed by atoms with E-state index in [9.17, 15) is 24.3 Å². The van der Waals surface area contributed by atoms with Gasteiger partial charge in [0.15, 0.2) is 5.96 Å². The Kier molecular flexibility index (Phi) is 15.3. The molecule has 0 aliphatic heterocycles. The van der Waals surface area contributed by atoms with Crippen LogP contribution in [0.3, 0.4) is 0 Å². The van der Waals surface area contributed by atoms with Crippen molar-refractivity contribution in [2.75, 3.05) is 24.3 Å². The van der Waals surface area contributed by atoms with E-state index < -0.39 is 47.9 Å². The molecule has 0 radical (unpaired) electrons. The van der Waals surface area contributed by atoms with Gasteiger partial charge in [-0.25, -0.2) is 4.79 Å². The molecular weight excluding hydrogens is 470 g/mol. The number of amides is 3. The van der Waals surface area contributed by atoms with E-state index in [0.29, 0.717) is 18.6 Å². The fourth-order valence-corrected chi connectivity index (χ4v) is 3.41. The van der Waals surface area contributed by atoms with Gasteiger partial charge in [0, 0.05) is 12.3 Å². The first kappa shape index (κ1) is 30.8. The predicted molar refractivity (Wildman–Crippen MR) is 133 cm³/mol. The fourth-order valence-electron chi connectivity index (χ4n) is 2.66. The lowest BCUT2D eigenvalue weighted by atomic mass is 10.0. The molecule has 0 spiro atoms. The average Bonchev–Trinajstić information content (AvgIpc) is 2.74. The van der Waals surface area contributed by atoms with Crippen LogP contribution in [0.1, 0.15) is 33.1 Å². The summed E-state index contributed by atoms with van der Waals surface area (Å²) in [5.41, 5.74) is 16.5. The van der Waals surface area contributed by atoms with E-state index in [0.717, 1.165) is 0 Å². The van der Waals surface area contributed by atoms with Gasteiger partial charge in [-0.15, -0.1) is 0 Å². The number of aliphatic imine (C=N–C) groups is 1. The molecule has 4 atom stereocenters. The molecule has 0 aromatic heterocycles. The molecule has 0 aliphatic carbocycles. The topological polar surface area (TPSA) is 215 Å². The maximum Gasteiger partial charge on any atom is 0.326 e. The minimum absolute atomic E-state index is 0.0795.